The van der Waals surface area contributed by atoms with Gasteiger partial charge in [0.05, 0.1) is 6.61 Å². The lowest BCUT2D eigenvalue weighted by Crippen LogP contribution is -2.22. The summed E-state index contributed by atoms with van der Waals surface area (Å²) in [4.78, 5) is 24.3. The number of esters is 1. The fraction of sp³-hybridized carbons (Fsp3) is 0.391. The number of aryl methyl sites for hydroxylation is 2. The third kappa shape index (κ3) is 6.12. The highest BCUT2D eigenvalue weighted by Crippen LogP contribution is 2.27. The zero-order valence-electron chi connectivity index (χ0n) is 17.1. The number of carbonyl (C=O) groups is 2. The van der Waals surface area contributed by atoms with Gasteiger partial charge < -0.3 is 14.8 Å². The molecule has 0 atom stereocenters. The van der Waals surface area contributed by atoms with E-state index in [1.807, 2.05) is 56.3 Å². The summed E-state index contributed by atoms with van der Waals surface area (Å²) in [6.45, 7) is 8.29. The summed E-state index contributed by atoms with van der Waals surface area (Å²) in [6.07, 6.45) is 0.699. The summed E-state index contributed by atoms with van der Waals surface area (Å²) in [6, 6.07) is 13.5. The summed E-state index contributed by atoms with van der Waals surface area (Å²) in [5.41, 5.74) is 3.79. The Morgan fingerprint density at radius 3 is 2.54 bits per heavy atom. The lowest BCUT2D eigenvalue weighted by Gasteiger charge is -2.16. The first kappa shape index (κ1) is 21.5. The molecule has 0 aliphatic carbocycles. The number of para-hydroxylation sites is 2. The van der Waals surface area contributed by atoms with Crippen molar-refractivity contribution in [2.75, 3.05) is 18.5 Å². The molecule has 0 saturated heterocycles. The summed E-state index contributed by atoms with van der Waals surface area (Å²) >= 11 is 0. The predicted octanol–water partition coefficient (Wildman–Crippen LogP) is 4.63. The van der Waals surface area contributed by atoms with E-state index < -0.39 is 5.97 Å². The Bertz CT molecular complexity index is 814. The third-order valence-corrected chi connectivity index (χ3v) is 4.43. The molecular formula is C23H29NO4. The van der Waals surface area contributed by atoms with E-state index in [0.29, 0.717) is 13.0 Å². The molecule has 1 N–H and O–H groups in total. The van der Waals surface area contributed by atoms with Gasteiger partial charge in [0.2, 0.25) is 0 Å². The number of ether oxygens (including phenoxy) is 2. The lowest BCUT2D eigenvalue weighted by molar-refractivity contribution is -0.147. The molecule has 0 heterocycles. The van der Waals surface area contributed by atoms with Gasteiger partial charge in [-0.05, 0) is 48.9 Å². The lowest BCUT2D eigenvalue weighted by atomic mass is 9.98. The van der Waals surface area contributed by atoms with Crippen molar-refractivity contribution < 1.29 is 19.1 Å². The Labute approximate surface area is 167 Å². The van der Waals surface area contributed by atoms with Crippen molar-refractivity contribution >= 4 is 17.6 Å². The van der Waals surface area contributed by atoms with Gasteiger partial charge in [0.1, 0.15) is 5.75 Å². The number of hydrogen-bond acceptors (Lipinski definition) is 4. The van der Waals surface area contributed by atoms with Crippen LogP contribution in [0.15, 0.2) is 42.5 Å². The van der Waals surface area contributed by atoms with Crippen LogP contribution in [0.1, 0.15) is 49.8 Å². The zero-order chi connectivity index (χ0) is 20.5. The van der Waals surface area contributed by atoms with Crippen LogP contribution in [0, 0.1) is 6.92 Å². The van der Waals surface area contributed by atoms with Crippen molar-refractivity contribution in [3.63, 3.8) is 0 Å². The first-order valence-corrected chi connectivity index (χ1v) is 9.68. The number of rotatable bonds is 9. The Morgan fingerprint density at radius 1 is 1.07 bits per heavy atom. The van der Waals surface area contributed by atoms with Crippen LogP contribution in [0.4, 0.5) is 5.69 Å². The molecule has 0 radical (unpaired) electrons. The molecule has 0 saturated carbocycles. The average Bonchev–Trinajstić information content (AvgIpc) is 2.67. The van der Waals surface area contributed by atoms with Crippen LogP contribution in [0.3, 0.4) is 0 Å². The number of anilines is 1. The van der Waals surface area contributed by atoms with Crippen molar-refractivity contribution in [1.82, 2.24) is 0 Å². The summed E-state index contributed by atoms with van der Waals surface area (Å²) in [5.74, 6) is 0.314. The maximum atomic E-state index is 12.2. The molecule has 1 amide bonds. The van der Waals surface area contributed by atoms with Gasteiger partial charge in [-0.2, -0.15) is 0 Å². The van der Waals surface area contributed by atoms with E-state index in [9.17, 15) is 9.59 Å². The van der Waals surface area contributed by atoms with Gasteiger partial charge in [-0.25, -0.2) is 0 Å². The van der Waals surface area contributed by atoms with Crippen LogP contribution in [0.2, 0.25) is 0 Å². The molecule has 0 spiro atoms. The minimum Gasteiger partial charge on any atom is -0.494 e. The second-order valence-electron chi connectivity index (χ2n) is 6.94. The quantitative estimate of drug-likeness (QED) is 0.641. The van der Waals surface area contributed by atoms with Crippen molar-refractivity contribution in [3.8, 4) is 5.75 Å². The van der Waals surface area contributed by atoms with Crippen LogP contribution in [0.25, 0.3) is 0 Å². The largest absolute Gasteiger partial charge is 0.494 e. The highest BCUT2D eigenvalue weighted by molar-refractivity contribution is 5.94. The van der Waals surface area contributed by atoms with E-state index in [1.165, 1.54) is 0 Å². The molecular weight excluding hydrogens is 354 g/mol. The second-order valence-corrected chi connectivity index (χ2v) is 6.94. The monoisotopic (exact) mass is 383 g/mol. The molecule has 28 heavy (non-hydrogen) atoms. The van der Waals surface area contributed by atoms with Crippen LogP contribution >= 0.6 is 0 Å². The van der Waals surface area contributed by atoms with Crippen molar-refractivity contribution in [2.24, 2.45) is 0 Å². The van der Waals surface area contributed by atoms with Gasteiger partial charge in [-0.15, -0.1) is 0 Å². The third-order valence-electron chi connectivity index (χ3n) is 4.43. The normalized spacial score (nSPS) is 10.6. The first-order chi connectivity index (χ1) is 13.4. The van der Waals surface area contributed by atoms with Gasteiger partial charge in [0.25, 0.3) is 5.91 Å². The van der Waals surface area contributed by atoms with E-state index in [0.717, 1.165) is 28.1 Å². The molecule has 0 unspecified atom stereocenters. The fourth-order valence-electron chi connectivity index (χ4n) is 2.98. The van der Waals surface area contributed by atoms with Crippen molar-refractivity contribution in [1.29, 1.82) is 0 Å². The average molecular weight is 383 g/mol. The fourth-order valence-corrected chi connectivity index (χ4v) is 2.98. The van der Waals surface area contributed by atoms with Gasteiger partial charge >= 0.3 is 5.97 Å². The summed E-state index contributed by atoms with van der Waals surface area (Å²) in [5, 5.41) is 2.88. The van der Waals surface area contributed by atoms with E-state index in [1.54, 1.807) is 0 Å². The minimum atomic E-state index is -0.407. The van der Waals surface area contributed by atoms with E-state index in [4.69, 9.17) is 9.47 Å². The van der Waals surface area contributed by atoms with Crippen LogP contribution in [0.5, 0.6) is 5.75 Å². The van der Waals surface area contributed by atoms with Gasteiger partial charge in [-0.1, -0.05) is 50.2 Å². The van der Waals surface area contributed by atoms with Crippen LogP contribution in [-0.4, -0.2) is 25.1 Å². The maximum Gasteiger partial charge on any atom is 0.306 e. The highest BCUT2D eigenvalue weighted by atomic mass is 16.5. The smallest absolute Gasteiger partial charge is 0.306 e. The van der Waals surface area contributed by atoms with E-state index in [-0.39, 0.29) is 24.9 Å². The molecule has 5 nitrogen and oxygen atoms in total. The topological polar surface area (TPSA) is 64.6 Å². The number of hydrogen-bond donors (Lipinski definition) is 1. The van der Waals surface area contributed by atoms with Crippen LogP contribution < -0.4 is 10.1 Å². The molecule has 0 fully saturated rings. The molecule has 150 valence electrons. The SMILES string of the molecule is CCOc1ccccc1CCC(=O)OCC(=O)Nc1c(C)cccc1C(C)C. The van der Waals surface area contributed by atoms with Crippen LogP contribution in [-0.2, 0) is 20.7 Å². The molecule has 5 heteroatoms. The molecule has 2 aromatic carbocycles. The minimum absolute atomic E-state index is 0.193. The standard InChI is InChI=1S/C23H29NO4/c1-5-27-20-12-7-6-10-18(20)13-14-22(26)28-15-21(25)24-23-17(4)9-8-11-19(23)16(2)3/h6-12,16H,5,13-15H2,1-4H3,(H,24,25). The molecule has 0 bridgehead atoms. The first-order valence-electron chi connectivity index (χ1n) is 9.68. The van der Waals surface area contributed by atoms with E-state index in [2.05, 4.69) is 19.2 Å². The van der Waals surface area contributed by atoms with Gasteiger partial charge in [0, 0.05) is 12.1 Å². The number of carbonyl (C=O) groups excluding carboxylic acids is 2. The Kier molecular flexibility index (Phi) is 8.05. The number of nitrogens with one attached hydrogen (secondary N) is 1. The zero-order valence-corrected chi connectivity index (χ0v) is 17.1. The Morgan fingerprint density at radius 2 is 1.82 bits per heavy atom. The molecule has 0 aromatic heterocycles. The van der Waals surface area contributed by atoms with Crippen molar-refractivity contribution in [3.05, 3.63) is 59.2 Å². The second kappa shape index (κ2) is 10.5. The van der Waals surface area contributed by atoms with Crippen molar-refractivity contribution in [2.45, 2.75) is 46.5 Å². The summed E-state index contributed by atoms with van der Waals surface area (Å²) < 4.78 is 10.7. The number of benzene rings is 2. The predicted molar refractivity (Wildman–Crippen MR) is 111 cm³/mol. The Hall–Kier alpha value is -2.82. The Balaban J connectivity index is 1.86. The highest BCUT2D eigenvalue weighted by Gasteiger charge is 2.14. The van der Waals surface area contributed by atoms with E-state index >= 15 is 0 Å². The van der Waals surface area contributed by atoms with Gasteiger partial charge in [0.15, 0.2) is 6.61 Å². The molecule has 2 rings (SSSR count). The molecule has 0 aliphatic heterocycles. The maximum absolute atomic E-state index is 12.2. The molecule has 2 aromatic rings. The number of amides is 1. The molecule has 0 aliphatic rings. The summed E-state index contributed by atoms with van der Waals surface area (Å²) in [7, 11) is 0. The van der Waals surface area contributed by atoms with Gasteiger partial charge in [-0.3, -0.25) is 9.59 Å².